The molecule has 1 aliphatic heterocycles. The van der Waals surface area contributed by atoms with Crippen molar-refractivity contribution in [3.8, 4) is 10.6 Å². The van der Waals surface area contributed by atoms with Crippen molar-refractivity contribution < 1.29 is 14.3 Å². The number of likely N-dealkylation sites (tertiary alicyclic amines) is 1. The zero-order chi connectivity index (χ0) is 19.0. The molecule has 1 aromatic carbocycles. The van der Waals surface area contributed by atoms with Gasteiger partial charge in [0.15, 0.2) is 0 Å². The van der Waals surface area contributed by atoms with Gasteiger partial charge in [-0.15, -0.1) is 11.3 Å². The van der Waals surface area contributed by atoms with Gasteiger partial charge in [0, 0.05) is 30.5 Å². The van der Waals surface area contributed by atoms with Crippen LogP contribution in [0.2, 0.25) is 0 Å². The summed E-state index contributed by atoms with van der Waals surface area (Å²) < 4.78 is 14.3. The molecule has 138 valence electrons. The number of aromatic nitrogens is 1. The maximum Gasteiger partial charge on any atom is 0.223 e. The second-order valence-electron chi connectivity index (χ2n) is 6.69. The number of halogens is 1. The minimum Gasteiger partial charge on any atom is -0.385 e. The second kappa shape index (κ2) is 7.21. The topological polar surface area (TPSA) is 53.4 Å². The van der Waals surface area contributed by atoms with Gasteiger partial charge in [-0.05, 0) is 35.9 Å². The summed E-state index contributed by atoms with van der Waals surface area (Å²) in [5, 5.41) is 11.1. The van der Waals surface area contributed by atoms with Crippen molar-refractivity contribution in [1.29, 1.82) is 0 Å². The number of amides is 1. The molecule has 0 unspecified atom stereocenters. The van der Waals surface area contributed by atoms with Crippen LogP contribution in [0.5, 0.6) is 0 Å². The molecule has 3 aromatic rings. The summed E-state index contributed by atoms with van der Waals surface area (Å²) in [6.45, 7) is 0. The highest BCUT2D eigenvalue weighted by molar-refractivity contribution is 7.15. The standard InChI is InChI=1S/C21H19FN2O2S/c1-24-19(25)12-14(13-6-2-3-7-15(13)22)20(24)21(26)18-10-9-17(27-18)16-8-4-5-11-23-16/h2-11,14,20-21,26H,12H2,1H3/t14-,20-,21-/m1/s1. The van der Waals surface area contributed by atoms with Crippen LogP contribution in [0.4, 0.5) is 4.39 Å². The Morgan fingerprint density at radius 2 is 1.96 bits per heavy atom. The SMILES string of the molecule is CN1C(=O)C[C@H](c2ccccc2F)[C@@H]1[C@H](O)c1ccc(-c2ccccn2)s1. The molecule has 3 heterocycles. The Balaban J connectivity index is 1.67. The van der Waals surface area contributed by atoms with E-state index in [4.69, 9.17) is 0 Å². The number of hydrogen-bond donors (Lipinski definition) is 1. The first-order valence-electron chi connectivity index (χ1n) is 8.75. The molecule has 1 N–H and O–H groups in total. The Hall–Kier alpha value is -2.57. The van der Waals surface area contributed by atoms with Crippen LogP contribution in [-0.2, 0) is 4.79 Å². The van der Waals surface area contributed by atoms with Gasteiger partial charge in [-0.2, -0.15) is 0 Å². The van der Waals surface area contributed by atoms with Crippen molar-refractivity contribution in [3.63, 3.8) is 0 Å². The van der Waals surface area contributed by atoms with E-state index < -0.39 is 12.1 Å². The van der Waals surface area contributed by atoms with Gasteiger partial charge in [0.25, 0.3) is 0 Å². The van der Waals surface area contributed by atoms with Crippen molar-refractivity contribution in [2.24, 2.45) is 0 Å². The highest BCUT2D eigenvalue weighted by atomic mass is 32.1. The number of rotatable bonds is 4. The summed E-state index contributed by atoms with van der Waals surface area (Å²) in [5.74, 6) is -0.823. The van der Waals surface area contributed by atoms with Gasteiger partial charge < -0.3 is 10.0 Å². The lowest BCUT2D eigenvalue weighted by Crippen LogP contribution is -2.36. The van der Waals surface area contributed by atoms with Gasteiger partial charge in [0.05, 0.1) is 16.6 Å². The molecule has 1 amide bonds. The van der Waals surface area contributed by atoms with Crippen molar-refractivity contribution in [2.45, 2.75) is 24.5 Å². The van der Waals surface area contributed by atoms with Gasteiger partial charge in [-0.1, -0.05) is 24.3 Å². The van der Waals surface area contributed by atoms with Crippen molar-refractivity contribution in [3.05, 3.63) is 77.1 Å². The Labute approximate surface area is 160 Å². The van der Waals surface area contributed by atoms with E-state index in [1.54, 1.807) is 36.3 Å². The van der Waals surface area contributed by atoms with E-state index in [1.807, 2.05) is 30.3 Å². The molecule has 1 saturated heterocycles. The van der Waals surface area contributed by atoms with E-state index in [1.165, 1.54) is 17.4 Å². The number of aliphatic hydroxyl groups excluding tert-OH is 1. The fourth-order valence-electron chi connectivity index (χ4n) is 3.72. The highest BCUT2D eigenvalue weighted by Gasteiger charge is 2.44. The lowest BCUT2D eigenvalue weighted by molar-refractivity contribution is -0.128. The van der Waals surface area contributed by atoms with Crippen LogP contribution >= 0.6 is 11.3 Å². The number of pyridine rings is 1. The molecule has 4 rings (SSSR count). The van der Waals surface area contributed by atoms with Crippen LogP contribution in [0.3, 0.4) is 0 Å². The molecular weight excluding hydrogens is 363 g/mol. The van der Waals surface area contributed by atoms with Crippen LogP contribution in [-0.4, -0.2) is 34.0 Å². The minimum atomic E-state index is -0.895. The highest BCUT2D eigenvalue weighted by Crippen LogP contribution is 2.43. The summed E-state index contributed by atoms with van der Waals surface area (Å²) in [7, 11) is 1.67. The molecule has 0 bridgehead atoms. The summed E-state index contributed by atoms with van der Waals surface area (Å²) >= 11 is 1.44. The molecule has 0 radical (unpaired) electrons. The second-order valence-corrected chi connectivity index (χ2v) is 7.80. The number of aliphatic hydroxyl groups is 1. The Bertz CT molecular complexity index is 960. The van der Waals surface area contributed by atoms with Crippen molar-refractivity contribution in [1.82, 2.24) is 9.88 Å². The molecule has 0 saturated carbocycles. The fraction of sp³-hybridized carbons (Fsp3) is 0.238. The maximum absolute atomic E-state index is 14.3. The zero-order valence-corrected chi connectivity index (χ0v) is 15.6. The first kappa shape index (κ1) is 17.8. The number of likely N-dealkylation sites (N-methyl/N-ethyl adjacent to an activating group) is 1. The minimum absolute atomic E-state index is 0.0891. The Kier molecular flexibility index (Phi) is 4.76. The number of carbonyl (C=O) groups is 1. The van der Waals surface area contributed by atoms with Crippen LogP contribution in [0.25, 0.3) is 10.6 Å². The van der Waals surface area contributed by atoms with E-state index in [9.17, 15) is 14.3 Å². The molecule has 27 heavy (non-hydrogen) atoms. The Morgan fingerprint density at radius 3 is 2.70 bits per heavy atom. The van der Waals surface area contributed by atoms with Crippen LogP contribution in [0, 0.1) is 5.82 Å². The van der Waals surface area contributed by atoms with E-state index >= 15 is 0 Å². The molecule has 1 aliphatic rings. The predicted molar refractivity (Wildman–Crippen MR) is 103 cm³/mol. The monoisotopic (exact) mass is 382 g/mol. The molecule has 2 aromatic heterocycles. The van der Waals surface area contributed by atoms with Crippen LogP contribution in [0.1, 0.15) is 28.9 Å². The first-order chi connectivity index (χ1) is 13.1. The summed E-state index contributed by atoms with van der Waals surface area (Å²) in [6, 6.07) is 15.4. The fourth-order valence-corrected chi connectivity index (χ4v) is 4.73. The molecule has 1 fully saturated rings. The number of nitrogens with zero attached hydrogens (tertiary/aromatic N) is 2. The molecule has 6 heteroatoms. The van der Waals surface area contributed by atoms with Gasteiger partial charge in [0.1, 0.15) is 11.9 Å². The smallest absolute Gasteiger partial charge is 0.223 e. The van der Waals surface area contributed by atoms with E-state index in [0.29, 0.717) is 5.56 Å². The molecule has 4 nitrogen and oxygen atoms in total. The third-order valence-corrected chi connectivity index (χ3v) is 6.29. The lowest BCUT2D eigenvalue weighted by Gasteiger charge is -2.29. The number of carbonyl (C=O) groups excluding carboxylic acids is 1. The quantitative estimate of drug-likeness (QED) is 0.742. The van der Waals surface area contributed by atoms with E-state index in [0.717, 1.165) is 15.4 Å². The average molecular weight is 382 g/mol. The van der Waals surface area contributed by atoms with Crippen LogP contribution < -0.4 is 0 Å². The molecular formula is C21H19FN2O2S. The van der Waals surface area contributed by atoms with Gasteiger partial charge in [0.2, 0.25) is 5.91 Å². The average Bonchev–Trinajstić information content (AvgIpc) is 3.28. The summed E-state index contributed by atoms with van der Waals surface area (Å²) in [4.78, 5) is 19.9. The van der Waals surface area contributed by atoms with Crippen molar-refractivity contribution in [2.75, 3.05) is 7.05 Å². The Morgan fingerprint density at radius 1 is 1.19 bits per heavy atom. The van der Waals surface area contributed by atoms with E-state index in [-0.39, 0.29) is 24.1 Å². The van der Waals surface area contributed by atoms with Crippen molar-refractivity contribution >= 4 is 17.2 Å². The third kappa shape index (κ3) is 3.26. The lowest BCUT2D eigenvalue weighted by atomic mass is 9.88. The molecule has 0 spiro atoms. The largest absolute Gasteiger partial charge is 0.385 e. The summed E-state index contributed by atoms with van der Waals surface area (Å²) in [6.07, 6.45) is 1.02. The first-order valence-corrected chi connectivity index (χ1v) is 9.57. The number of hydrogen-bond acceptors (Lipinski definition) is 4. The van der Waals surface area contributed by atoms with Crippen LogP contribution in [0.15, 0.2) is 60.8 Å². The summed E-state index contributed by atoms with van der Waals surface area (Å²) in [5.41, 5.74) is 1.31. The predicted octanol–water partition coefficient (Wildman–Crippen LogP) is 4.00. The molecule has 3 atom stereocenters. The number of thiophene rings is 1. The van der Waals surface area contributed by atoms with E-state index in [2.05, 4.69) is 4.98 Å². The third-order valence-electron chi connectivity index (χ3n) is 5.11. The van der Waals surface area contributed by atoms with Gasteiger partial charge >= 0.3 is 0 Å². The zero-order valence-electron chi connectivity index (χ0n) is 14.7. The van der Waals surface area contributed by atoms with Gasteiger partial charge in [-0.25, -0.2) is 4.39 Å². The maximum atomic E-state index is 14.3. The molecule has 0 aliphatic carbocycles. The normalized spacial score (nSPS) is 20.9. The van der Waals surface area contributed by atoms with Gasteiger partial charge in [-0.3, -0.25) is 9.78 Å². The number of benzene rings is 1.